The fourth-order valence-corrected chi connectivity index (χ4v) is 2.99. The molecule has 0 aliphatic rings. The fourth-order valence-electron chi connectivity index (χ4n) is 2.99. The van der Waals surface area contributed by atoms with E-state index in [1.165, 1.54) is 36.6 Å². The first kappa shape index (κ1) is 25.5. The number of benzene rings is 2. The molecule has 9 heteroatoms. The van der Waals surface area contributed by atoms with Gasteiger partial charge in [0.15, 0.2) is 0 Å². The van der Waals surface area contributed by atoms with E-state index in [0.717, 1.165) is 0 Å². The number of carbonyl (C=O) groups is 1. The van der Waals surface area contributed by atoms with Gasteiger partial charge in [-0.05, 0) is 68.1 Å². The van der Waals surface area contributed by atoms with Gasteiger partial charge in [0, 0.05) is 12.8 Å². The zero-order valence-corrected chi connectivity index (χ0v) is 18.7. The summed E-state index contributed by atoms with van der Waals surface area (Å²) in [5, 5.41) is 12.4. The smallest absolute Gasteiger partial charge is 0.444 e. The van der Waals surface area contributed by atoms with Gasteiger partial charge in [-0.3, -0.25) is 4.99 Å². The zero-order chi connectivity index (χ0) is 24.8. The van der Waals surface area contributed by atoms with E-state index in [2.05, 4.69) is 27.7 Å². The van der Waals surface area contributed by atoms with E-state index in [1.807, 2.05) is 0 Å². The Morgan fingerprint density at radius 3 is 2.39 bits per heavy atom. The van der Waals surface area contributed by atoms with Crippen molar-refractivity contribution in [2.24, 2.45) is 4.99 Å². The number of ether oxygens (including phenoxy) is 2. The summed E-state index contributed by atoms with van der Waals surface area (Å²) in [7, 11) is 0. The molecule has 1 N–H and O–H groups in total. The summed E-state index contributed by atoms with van der Waals surface area (Å²) < 4.78 is 46.6. The molecule has 33 heavy (non-hydrogen) atoms. The Morgan fingerprint density at radius 2 is 1.88 bits per heavy atom. The Morgan fingerprint density at radius 1 is 1.24 bits per heavy atom. The number of aliphatic imine (C=N–C) groups is 1. The minimum Gasteiger partial charge on any atom is -0.444 e. The summed E-state index contributed by atoms with van der Waals surface area (Å²) in [6, 6.07) is 9.15. The lowest BCUT2D eigenvalue weighted by atomic mass is 9.92. The third-order valence-electron chi connectivity index (χ3n) is 4.28. The van der Waals surface area contributed by atoms with Gasteiger partial charge < -0.3 is 14.8 Å². The summed E-state index contributed by atoms with van der Waals surface area (Å²) in [6.07, 6.45) is -2.56. The summed E-state index contributed by atoms with van der Waals surface area (Å²) >= 11 is 0. The van der Waals surface area contributed by atoms with E-state index < -0.39 is 18.1 Å². The summed E-state index contributed by atoms with van der Waals surface area (Å²) in [6.45, 7) is 10.5. The molecule has 1 amide bonds. The molecule has 0 fully saturated rings. The molecule has 0 spiro atoms. The number of alkyl halides is 3. The first-order valence-electron chi connectivity index (χ1n) is 9.89. The molecular formula is C24H24F3N3O3. The van der Waals surface area contributed by atoms with Gasteiger partial charge in [-0.25, -0.2) is 4.79 Å². The van der Waals surface area contributed by atoms with Crippen LogP contribution < -0.4 is 10.1 Å². The van der Waals surface area contributed by atoms with Crippen molar-refractivity contribution in [1.29, 1.82) is 5.26 Å². The van der Waals surface area contributed by atoms with Gasteiger partial charge in [0.1, 0.15) is 17.4 Å². The maximum atomic E-state index is 12.5. The van der Waals surface area contributed by atoms with E-state index >= 15 is 0 Å². The van der Waals surface area contributed by atoms with Gasteiger partial charge in [-0.1, -0.05) is 24.8 Å². The van der Waals surface area contributed by atoms with Crippen molar-refractivity contribution in [3.8, 4) is 22.9 Å². The second kappa shape index (κ2) is 10.2. The number of nitrogens with one attached hydrogen (secondary N) is 1. The third-order valence-corrected chi connectivity index (χ3v) is 4.28. The van der Waals surface area contributed by atoms with Crippen molar-refractivity contribution in [3.05, 3.63) is 59.7 Å². The van der Waals surface area contributed by atoms with Crippen molar-refractivity contribution in [3.63, 3.8) is 0 Å². The molecule has 0 aliphatic heterocycles. The number of allylic oxidation sites excluding steroid dienone is 1. The predicted molar refractivity (Wildman–Crippen MR) is 119 cm³/mol. The van der Waals surface area contributed by atoms with Crippen molar-refractivity contribution >= 4 is 18.0 Å². The van der Waals surface area contributed by atoms with E-state index in [4.69, 9.17) is 4.74 Å². The molecule has 0 aromatic heterocycles. The number of halogens is 3. The SMILES string of the molecule is C=CC=Nc1c(C)c(-c2ccc(OC(F)(F)F)cc2)cc(CNC(=O)OC(C)(C)C)c1C#N. The second-order valence-electron chi connectivity index (χ2n) is 7.99. The van der Waals surface area contributed by atoms with E-state index in [1.54, 1.807) is 33.8 Å². The van der Waals surface area contributed by atoms with Gasteiger partial charge in [-0.15, -0.1) is 13.2 Å². The highest BCUT2D eigenvalue weighted by Gasteiger charge is 2.31. The first-order chi connectivity index (χ1) is 15.3. The highest BCUT2D eigenvalue weighted by molar-refractivity contribution is 5.82. The Balaban J connectivity index is 2.51. The molecular weight excluding hydrogens is 435 g/mol. The first-order valence-corrected chi connectivity index (χ1v) is 9.89. The fraction of sp³-hybridized carbons (Fsp3) is 0.292. The summed E-state index contributed by atoms with van der Waals surface area (Å²) in [4.78, 5) is 16.4. The molecule has 2 aromatic rings. The average molecular weight is 459 g/mol. The number of nitrogens with zero attached hydrogens (tertiary/aromatic N) is 2. The van der Waals surface area contributed by atoms with Crippen LogP contribution in [0.2, 0.25) is 0 Å². The number of rotatable bonds is 6. The number of hydrogen-bond donors (Lipinski definition) is 1. The van der Waals surface area contributed by atoms with Gasteiger partial charge in [0.25, 0.3) is 0 Å². The van der Waals surface area contributed by atoms with Crippen LogP contribution in [-0.2, 0) is 11.3 Å². The normalized spacial score (nSPS) is 11.7. The Labute approximate surface area is 190 Å². The largest absolute Gasteiger partial charge is 0.573 e. The van der Waals surface area contributed by atoms with Crippen LogP contribution in [0.4, 0.5) is 23.7 Å². The van der Waals surface area contributed by atoms with Gasteiger partial charge in [0.05, 0.1) is 11.3 Å². The van der Waals surface area contributed by atoms with Crippen LogP contribution in [0.3, 0.4) is 0 Å². The maximum absolute atomic E-state index is 12.5. The summed E-state index contributed by atoms with van der Waals surface area (Å²) in [5.74, 6) is -0.353. The van der Waals surface area contributed by atoms with Gasteiger partial charge in [-0.2, -0.15) is 5.26 Å². The lowest BCUT2D eigenvalue weighted by molar-refractivity contribution is -0.274. The Hall–Kier alpha value is -3.80. The summed E-state index contributed by atoms with van der Waals surface area (Å²) in [5.41, 5.74) is 2.24. The minimum atomic E-state index is -4.79. The number of carbonyl (C=O) groups excluding carboxylic acids is 1. The zero-order valence-electron chi connectivity index (χ0n) is 18.7. The molecule has 0 heterocycles. The molecule has 0 radical (unpaired) electrons. The number of alkyl carbamates (subject to hydrolysis) is 1. The molecule has 0 aliphatic carbocycles. The molecule has 0 bridgehead atoms. The molecule has 0 unspecified atom stereocenters. The minimum absolute atomic E-state index is 0.0169. The molecule has 2 aromatic carbocycles. The van der Waals surface area contributed by atoms with Crippen LogP contribution in [0.15, 0.2) is 48.0 Å². The van der Waals surface area contributed by atoms with Crippen LogP contribution in [0, 0.1) is 18.3 Å². The van der Waals surface area contributed by atoms with Crippen molar-refractivity contribution in [1.82, 2.24) is 5.32 Å². The number of hydrogen-bond acceptors (Lipinski definition) is 5. The van der Waals surface area contributed by atoms with Gasteiger partial charge in [0.2, 0.25) is 0 Å². The van der Waals surface area contributed by atoms with Crippen LogP contribution in [0.25, 0.3) is 11.1 Å². The highest BCUT2D eigenvalue weighted by atomic mass is 19.4. The number of amides is 1. The molecule has 0 atom stereocenters. The molecule has 0 saturated carbocycles. The van der Waals surface area contributed by atoms with Gasteiger partial charge >= 0.3 is 12.5 Å². The quantitative estimate of drug-likeness (QED) is 0.511. The topological polar surface area (TPSA) is 83.7 Å². The van der Waals surface area contributed by atoms with Crippen molar-refractivity contribution in [2.45, 2.75) is 46.2 Å². The second-order valence-corrected chi connectivity index (χ2v) is 7.99. The third kappa shape index (κ3) is 7.38. The molecule has 6 nitrogen and oxygen atoms in total. The van der Waals surface area contributed by atoms with Crippen LogP contribution in [0.1, 0.15) is 37.5 Å². The Kier molecular flexibility index (Phi) is 7.88. The van der Waals surface area contributed by atoms with E-state index in [-0.39, 0.29) is 17.9 Å². The van der Waals surface area contributed by atoms with E-state index in [0.29, 0.717) is 27.9 Å². The van der Waals surface area contributed by atoms with Crippen LogP contribution in [0.5, 0.6) is 5.75 Å². The van der Waals surface area contributed by atoms with Crippen LogP contribution in [-0.4, -0.2) is 24.3 Å². The monoisotopic (exact) mass is 459 g/mol. The lowest BCUT2D eigenvalue weighted by Crippen LogP contribution is -2.32. The maximum Gasteiger partial charge on any atom is 0.573 e. The molecule has 2 rings (SSSR count). The number of nitriles is 1. The Bertz CT molecular complexity index is 1090. The molecule has 0 saturated heterocycles. The van der Waals surface area contributed by atoms with E-state index in [9.17, 15) is 23.2 Å². The highest BCUT2D eigenvalue weighted by Crippen LogP contribution is 2.36. The molecule has 174 valence electrons. The van der Waals surface area contributed by atoms with Crippen molar-refractivity contribution in [2.75, 3.05) is 0 Å². The average Bonchev–Trinajstić information content (AvgIpc) is 2.69. The standard InChI is InChI=1S/C24H24F3N3O3/c1-6-11-29-21-15(2)19(16-7-9-18(10-8-16)32-24(25,26)27)12-17(20(21)13-28)14-30-22(31)33-23(3,4)5/h6-12H,1,14H2,2-5H3,(H,30,31). The lowest BCUT2D eigenvalue weighted by Gasteiger charge is -2.20. The predicted octanol–water partition coefficient (Wildman–Crippen LogP) is 6.35. The van der Waals surface area contributed by atoms with Crippen LogP contribution >= 0.6 is 0 Å². The van der Waals surface area contributed by atoms with Crippen molar-refractivity contribution < 1.29 is 27.4 Å².